The molecule has 1 aliphatic rings. The summed E-state index contributed by atoms with van der Waals surface area (Å²) in [5.41, 5.74) is 0.969. The van der Waals surface area contributed by atoms with Gasteiger partial charge in [-0.05, 0) is 48.0 Å². The Hall–Kier alpha value is -3.81. The van der Waals surface area contributed by atoms with E-state index in [1.807, 2.05) is 12.1 Å². The smallest absolute Gasteiger partial charge is 0.416 e. The molecule has 4 rings (SSSR count). The number of halogens is 3. The lowest BCUT2D eigenvalue weighted by atomic mass is 10.1. The third-order valence-electron chi connectivity index (χ3n) is 4.81. The monoisotopic (exact) mass is 426 g/mol. The number of carbonyl (C=O) groups is 2. The number of carbonyl (C=O) groups excluding carboxylic acids is 2. The number of rotatable bonds is 4. The van der Waals surface area contributed by atoms with Gasteiger partial charge >= 0.3 is 6.18 Å². The van der Waals surface area contributed by atoms with Crippen molar-refractivity contribution in [2.45, 2.75) is 12.7 Å². The summed E-state index contributed by atoms with van der Waals surface area (Å²) in [5, 5.41) is 2.47. The number of amides is 2. The molecule has 158 valence electrons. The first-order chi connectivity index (χ1) is 14.8. The van der Waals surface area contributed by atoms with Gasteiger partial charge in [-0.15, -0.1) is 0 Å². The van der Waals surface area contributed by atoms with E-state index in [1.165, 1.54) is 12.1 Å². The second-order valence-corrected chi connectivity index (χ2v) is 6.97. The molecular formula is C23H17F3N2O3. The molecule has 1 N–H and O–H groups in total. The molecule has 0 radical (unpaired) electrons. The Kier molecular flexibility index (Phi) is 5.37. The highest BCUT2D eigenvalue weighted by Crippen LogP contribution is 2.33. The number of ether oxygens (including phenoxy) is 1. The SMILES string of the molecule is O=C(Nc1cccc(C(F)(F)F)c1)c1ccc(CN2C(=O)COc3ccccc32)cc1. The van der Waals surface area contributed by atoms with Crippen molar-refractivity contribution in [2.75, 3.05) is 16.8 Å². The van der Waals surface area contributed by atoms with Crippen LogP contribution >= 0.6 is 0 Å². The van der Waals surface area contributed by atoms with Gasteiger partial charge in [0.1, 0.15) is 5.75 Å². The van der Waals surface area contributed by atoms with E-state index in [9.17, 15) is 22.8 Å². The van der Waals surface area contributed by atoms with Crippen LogP contribution < -0.4 is 15.0 Å². The first kappa shape index (κ1) is 20.5. The van der Waals surface area contributed by atoms with Crippen LogP contribution in [0, 0.1) is 0 Å². The Morgan fingerprint density at radius 1 is 1.00 bits per heavy atom. The van der Waals surface area contributed by atoms with E-state index in [2.05, 4.69) is 5.32 Å². The number of alkyl halides is 3. The van der Waals surface area contributed by atoms with Crippen molar-refractivity contribution in [3.05, 3.63) is 89.5 Å². The van der Waals surface area contributed by atoms with E-state index in [0.29, 0.717) is 18.0 Å². The Morgan fingerprint density at radius 3 is 2.48 bits per heavy atom. The van der Waals surface area contributed by atoms with Crippen LogP contribution in [0.4, 0.5) is 24.5 Å². The standard InChI is InChI=1S/C23H17F3N2O3/c24-23(25,26)17-4-3-5-18(12-17)27-22(30)16-10-8-15(9-11-16)13-28-19-6-1-2-7-20(19)31-14-21(28)29/h1-12H,13-14H2,(H,27,30). The maximum Gasteiger partial charge on any atom is 0.416 e. The van der Waals surface area contributed by atoms with Gasteiger partial charge in [-0.2, -0.15) is 13.2 Å². The van der Waals surface area contributed by atoms with Crippen molar-refractivity contribution in [1.29, 1.82) is 0 Å². The Balaban J connectivity index is 1.46. The molecule has 2 amide bonds. The average molecular weight is 426 g/mol. The topological polar surface area (TPSA) is 58.6 Å². The van der Waals surface area contributed by atoms with Gasteiger partial charge in [0.2, 0.25) is 0 Å². The molecule has 0 bridgehead atoms. The molecule has 0 saturated carbocycles. The normalized spacial score (nSPS) is 13.4. The van der Waals surface area contributed by atoms with Crippen LogP contribution in [-0.4, -0.2) is 18.4 Å². The molecule has 31 heavy (non-hydrogen) atoms. The molecule has 0 atom stereocenters. The number of anilines is 2. The van der Waals surface area contributed by atoms with Crippen molar-refractivity contribution in [2.24, 2.45) is 0 Å². The molecule has 0 spiro atoms. The molecular weight excluding hydrogens is 409 g/mol. The minimum Gasteiger partial charge on any atom is -0.482 e. The van der Waals surface area contributed by atoms with E-state index >= 15 is 0 Å². The van der Waals surface area contributed by atoms with Gasteiger partial charge < -0.3 is 15.0 Å². The second-order valence-electron chi connectivity index (χ2n) is 6.97. The van der Waals surface area contributed by atoms with Crippen molar-refractivity contribution in [1.82, 2.24) is 0 Å². The molecule has 0 aliphatic carbocycles. The maximum absolute atomic E-state index is 12.8. The summed E-state index contributed by atoms with van der Waals surface area (Å²) in [6.45, 7) is 0.253. The van der Waals surface area contributed by atoms with Gasteiger partial charge in [-0.1, -0.05) is 30.3 Å². The van der Waals surface area contributed by atoms with Crippen molar-refractivity contribution >= 4 is 23.2 Å². The first-order valence-corrected chi connectivity index (χ1v) is 9.41. The van der Waals surface area contributed by atoms with Gasteiger partial charge in [0.15, 0.2) is 6.61 Å². The molecule has 3 aromatic carbocycles. The van der Waals surface area contributed by atoms with E-state index in [-0.39, 0.29) is 23.8 Å². The first-order valence-electron chi connectivity index (χ1n) is 9.41. The molecule has 1 heterocycles. The zero-order valence-electron chi connectivity index (χ0n) is 16.1. The summed E-state index contributed by atoms with van der Waals surface area (Å²) in [6.07, 6.45) is -4.49. The molecule has 1 aliphatic heterocycles. The Morgan fingerprint density at radius 2 is 1.74 bits per heavy atom. The third-order valence-corrected chi connectivity index (χ3v) is 4.81. The van der Waals surface area contributed by atoms with E-state index in [4.69, 9.17) is 4.74 Å². The van der Waals surface area contributed by atoms with Crippen molar-refractivity contribution < 1.29 is 27.5 Å². The lowest BCUT2D eigenvalue weighted by Gasteiger charge is -2.29. The minimum atomic E-state index is -4.49. The lowest BCUT2D eigenvalue weighted by Crippen LogP contribution is -2.38. The summed E-state index contributed by atoms with van der Waals surface area (Å²) in [7, 11) is 0. The number of hydrogen-bond acceptors (Lipinski definition) is 3. The zero-order chi connectivity index (χ0) is 22.0. The van der Waals surface area contributed by atoms with Crippen molar-refractivity contribution in [3.8, 4) is 5.75 Å². The van der Waals surface area contributed by atoms with Crippen LogP contribution in [0.1, 0.15) is 21.5 Å². The third kappa shape index (κ3) is 4.53. The summed E-state index contributed by atoms with van der Waals surface area (Å²) in [4.78, 5) is 26.3. The highest BCUT2D eigenvalue weighted by atomic mass is 19.4. The molecule has 8 heteroatoms. The number of para-hydroxylation sites is 2. The Bertz CT molecular complexity index is 1130. The van der Waals surface area contributed by atoms with Gasteiger partial charge in [0.25, 0.3) is 11.8 Å². The van der Waals surface area contributed by atoms with Gasteiger partial charge in [0.05, 0.1) is 17.8 Å². The van der Waals surface area contributed by atoms with Gasteiger partial charge in [-0.3, -0.25) is 9.59 Å². The zero-order valence-corrected chi connectivity index (χ0v) is 16.1. The summed E-state index contributed by atoms with van der Waals surface area (Å²) in [5.74, 6) is -0.0806. The number of benzene rings is 3. The van der Waals surface area contributed by atoms with Crippen LogP contribution in [0.2, 0.25) is 0 Å². The molecule has 3 aromatic rings. The minimum absolute atomic E-state index is 0.0471. The summed E-state index contributed by atoms with van der Waals surface area (Å²) >= 11 is 0. The largest absolute Gasteiger partial charge is 0.482 e. The fourth-order valence-corrected chi connectivity index (χ4v) is 3.25. The predicted octanol–water partition coefficient (Wildman–Crippen LogP) is 4.88. The van der Waals surface area contributed by atoms with Crippen LogP contribution in [0.5, 0.6) is 5.75 Å². The summed E-state index contributed by atoms with van der Waals surface area (Å²) in [6, 6.07) is 18.2. The van der Waals surface area contributed by atoms with Crippen molar-refractivity contribution in [3.63, 3.8) is 0 Å². The van der Waals surface area contributed by atoms with Gasteiger partial charge in [-0.25, -0.2) is 0 Å². The molecule has 0 unspecified atom stereocenters. The van der Waals surface area contributed by atoms with Crippen LogP contribution in [0.3, 0.4) is 0 Å². The Labute approximate surface area is 176 Å². The molecule has 0 saturated heterocycles. The summed E-state index contributed by atoms with van der Waals surface area (Å²) < 4.78 is 43.9. The molecule has 0 fully saturated rings. The number of nitrogens with one attached hydrogen (secondary N) is 1. The van der Waals surface area contributed by atoms with Crippen LogP contribution in [0.25, 0.3) is 0 Å². The molecule has 5 nitrogen and oxygen atoms in total. The van der Waals surface area contributed by atoms with E-state index in [1.54, 1.807) is 41.3 Å². The number of nitrogens with zero attached hydrogens (tertiary/aromatic N) is 1. The van der Waals surface area contributed by atoms with E-state index < -0.39 is 17.6 Å². The predicted molar refractivity (Wildman–Crippen MR) is 109 cm³/mol. The van der Waals surface area contributed by atoms with Gasteiger partial charge in [0, 0.05) is 11.3 Å². The maximum atomic E-state index is 12.8. The quantitative estimate of drug-likeness (QED) is 0.647. The number of fused-ring (bicyclic) bond motifs is 1. The highest BCUT2D eigenvalue weighted by Gasteiger charge is 2.30. The second kappa shape index (κ2) is 8.14. The number of hydrogen-bond donors (Lipinski definition) is 1. The lowest BCUT2D eigenvalue weighted by molar-refractivity contribution is -0.137. The van der Waals surface area contributed by atoms with E-state index in [0.717, 1.165) is 17.7 Å². The fraction of sp³-hybridized carbons (Fsp3) is 0.130. The van der Waals surface area contributed by atoms with Crippen LogP contribution in [0.15, 0.2) is 72.8 Å². The average Bonchev–Trinajstić information content (AvgIpc) is 2.76. The molecule has 0 aromatic heterocycles. The highest BCUT2D eigenvalue weighted by molar-refractivity contribution is 6.04. The fourth-order valence-electron chi connectivity index (χ4n) is 3.25. The van der Waals surface area contributed by atoms with Crippen LogP contribution in [-0.2, 0) is 17.5 Å².